The predicted octanol–water partition coefficient (Wildman–Crippen LogP) is 1.69. The van der Waals surface area contributed by atoms with E-state index in [1.54, 1.807) is 12.3 Å². The highest BCUT2D eigenvalue weighted by Crippen LogP contribution is 2.22. The van der Waals surface area contributed by atoms with Gasteiger partial charge in [-0.2, -0.15) is 5.10 Å². The highest BCUT2D eigenvalue weighted by atomic mass is 35.5. The molecule has 1 fully saturated rings. The second kappa shape index (κ2) is 4.66. The molecule has 1 aliphatic rings. The highest BCUT2D eigenvalue weighted by molar-refractivity contribution is 6.20. The first-order chi connectivity index (χ1) is 7.25. The van der Waals surface area contributed by atoms with E-state index in [0.29, 0.717) is 5.69 Å². The lowest BCUT2D eigenvalue weighted by molar-refractivity contribution is 0.0923. The Bertz CT molecular complexity index is 317. The molecule has 0 unspecified atom stereocenters. The molecule has 1 aromatic heterocycles. The second-order valence-corrected chi connectivity index (χ2v) is 4.51. The number of alkyl halides is 1. The van der Waals surface area contributed by atoms with Crippen molar-refractivity contribution in [2.75, 3.05) is 0 Å². The number of nitrogens with one attached hydrogen (secondary N) is 2. The average molecular weight is 228 g/mol. The number of hydrogen-bond acceptors (Lipinski definition) is 2. The van der Waals surface area contributed by atoms with Gasteiger partial charge in [-0.05, 0) is 31.7 Å². The largest absolute Gasteiger partial charge is 0.348 e. The maximum absolute atomic E-state index is 11.6. The van der Waals surface area contributed by atoms with Crippen LogP contribution in [0.2, 0.25) is 0 Å². The number of carbonyl (C=O) groups is 1. The molecule has 4 nitrogen and oxygen atoms in total. The number of aromatic nitrogens is 2. The van der Waals surface area contributed by atoms with Crippen molar-refractivity contribution >= 4 is 17.5 Å². The fraction of sp³-hybridized carbons (Fsp3) is 0.600. The van der Waals surface area contributed by atoms with Crippen LogP contribution in [0.1, 0.15) is 36.2 Å². The normalized spacial score (nSPS) is 26.2. The Balaban J connectivity index is 1.85. The van der Waals surface area contributed by atoms with Crippen molar-refractivity contribution in [3.8, 4) is 0 Å². The molecule has 15 heavy (non-hydrogen) atoms. The third kappa shape index (κ3) is 2.72. The fourth-order valence-corrected chi connectivity index (χ4v) is 2.09. The Morgan fingerprint density at radius 3 is 2.80 bits per heavy atom. The molecule has 0 bridgehead atoms. The van der Waals surface area contributed by atoms with E-state index in [4.69, 9.17) is 11.6 Å². The van der Waals surface area contributed by atoms with Gasteiger partial charge in [0.2, 0.25) is 0 Å². The summed E-state index contributed by atoms with van der Waals surface area (Å²) in [5.41, 5.74) is 0.517. The number of amides is 1. The average Bonchev–Trinajstić information content (AvgIpc) is 2.74. The van der Waals surface area contributed by atoms with Gasteiger partial charge >= 0.3 is 0 Å². The molecule has 82 valence electrons. The van der Waals surface area contributed by atoms with Gasteiger partial charge in [0, 0.05) is 17.6 Å². The van der Waals surface area contributed by atoms with Crippen LogP contribution in [0.15, 0.2) is 12.3 Å². The molecule has 1 aliphatic carbocycles. The van der Waals surface area contributed by atoms with Gasteiger partial charge in [0.05, 0.1) is 0 Å². The Morgan fingerprint density at radius 2 is 2.20 bits per heavy atom. The van der Waals surface area contributed by atoms with Crippen LogP contribution < -0.4 is 5.32 Å². The van der Waals surface area contributed by atoms with Crippen molar-refractivity contribution in [1.29, 1.82) is 0 Å². The van der Waals surface area contributed by atoms with Crippen LogP contribution in [-0.4, -0.2) is 27.5 Å². The van der Waals surface area contributed by atoms with Crippen LogP contribution in [0.25, 0.3) is 0 Å². The fourth-order valence-electron chi connectivity index (χ4n) is 1.84. The van der Waals surface area contributed by atoms with E-state index < -0.39 is 0 Å². The van der Waals surface area contributed by atoms with E-state index in [1.165, 1.54) is 0 Å². The summed E-state index contributed by atoms with van der Waals surface area (Å²) in [6.45, 7) is 0. The minimum Gasteiger partial charge on any atom is -0.348 e. The quantitative estimate of drug-likeness (QED) is 0.756. The molecule has 1 saturated carbocycles. The molecule has 5 heteroatoms. The summed E-state index contributed by atoms with van der Waals surface area (Å²) in [4.78, 5) is 11.6. The van der Waals surface area contributed by atoms with Crippen LogP contribution in [0.4, 0.5) is 0 Å². The van der Waals surface area contributed by atoms with Gasteiger partial charge in [-0.3, -0.25) is 9.89 Å². The number of rotatable bonds is 2. The van der Waals surface area contributed by atoms with E-state index in [9.17, 15) is 4.79 Å². The van der Waals surface area contributed by atoms with E-state index in [2.05, 4.69) is 15.5 Å². The van der Waals surface area contributed by atoms with Gasteiger partial charge in [-0.1, -0.05) is 0 Å². The second-order valence-electron chi connectivity index (χ2n) is 3.89. The third-order valence-corrected chi connectivity index (χ3v) is 3.17. The minimum atomic E-state index is -0.0782. The summed E-state index contributed by atoms with van der Waals surface area (Å²) in [5.74, 6) is -0.0782. The topological polar surface area (TPSA) is 57.8 Å². The van der Waals surface area contributed by atoms with E-state index in [-0.39, 0.29) is 17.3 Å². The molecule has 1 amide bonds. The zero-order valence-electron chi connectivity index (χ0n) is 8.37. The Hall–Kier alpha value is -1.03. The molecule has 2 N–H and O–H groups in total. The first-order valence-electron chi connectivity index (χ1n) is 5.20. The van der Waals surface area contributed by atoms with E-state index in [1.807, 2.05) is 0 Å². The number of aromatic amines is 1. The molecule has 0 aliphatic heterocycles. The van der Waals surface area contributed by atoms with Crippen LogP contribution >= 0.6 is 11.6 Å². The minimum absolute atomic E-state index is 0.0782. The molecule has 0 radical (unpaired) electrons. The van der Waals surface area contributed by atoms with E-state index in [0.717, 1.165) is 25.7 Å². The molecule has 0 spiro atoms. The molecule has 1 heterocycles. The van der Waals surface area contributed by atoms with Crippen LogP contribution in [0.5, 0.6) is 0 Å². The molecule has 0 aromatic carbocycles. The van der Waals surface area contributed by atoms with Crippen molar-refractivity contribution in [2.45, 2.75) is 37.1 Å². The van der Waals surface area contributed by atoms with Gasteiger partial charge < -0.3 is 5.32 Å². The lowest BCUT2D eigenvalue weighted by Gasteiger charge is -2.25. The van der Waals surface area contributed by atoms with Crippen molar-refractivity contribution in [3.63, 3.8) is 0 Å². The smallest absolute Gasteiger partial charge is 0.269 e. The SMILES string of the molecule is O=C(NC1CCC(Cl)CC1)c1ccn[nH]1. The van der Waals surface area contributed by atoms with Gasteiger partial charge in [0.25, 0.3) is 5.91 Å². The van der Waals surface area contributed by atoms with Crippen LogP contribution in [0, 0.1) is 0 Å². The van der Waals surface area contributed by atoms with Crippen molar-refractivity contribution in [1.82, 2.24) is 15.5 Å². The molecular formula is C10H14ClN3O. The Morgan fingerprint density at radius 1 is 1.47 bits per heavy atom. The van der Waals surface area contributed by atoms with Crippen LogP contribution in [-0.2, 0) is 0 Å². The Kier molecular flexibility index (Phi) is 3.26. The standard InChI is InChI=1S/C10H14ClN3O/c11-7-1-3-8(4-2-7)13-10(15)9-5-6-12-14-9/h5-8H,1-4H2,(H,12,14)(H,13,15). The summed E-state index contributed by atoms with van der Waals surface area (Å²) in [6.07, 6.45) is 5.47. The van der Waals surface area contributed by atoms with Crippen molar-refractivity contribution in [2.24, 2.45) is 0 Å². The summed E-state index contributed by atoms with van der Waals surface area (Å²) < 4.78 is 0. The zero-order valence-corrected chi connectivity index (χ0v) is 9.13. The summed E-state index contributed by atoms with van der Waals surface area (Å²) in [6, 6.07) is 1.93. The number of halogens is 1. The maximum atomic E-state index is 11.6. The summed E-state index contributed by atoms with van der Waals surface area (Å²) in [7, 11) is 0. The molecular weight excluding hydrogens is 214 g/mol. The zero-order chi connectivity index (χ0) is 10.7. The lowest BCUT2D eigenvalue weighted by atomic mass is 9.95. The van der Waals surface area contributed by atoms with Gasteiger partial charge in [-0.15, -0.1) is 11.6 Å². The van der Waals surface area contributed by atoms with Crippen molar-refractivity contribution < 1.29 is 4.79 Å². The highest BCUT2D eigenvalue weighted by Gasteiger charge is 2.21. The van der Waals surface area contributed by atoms with Gasteiger partial charge in [0.15, 0.2) is 0 Å². The maximum Gasteiger partial charge on any atom is 0.269 e. The number of hydrogen-bond donors (Lipinski definition) is 2. The molecule has 0 atom stereocenters. The third-order valence-electron chi connectivity index (χ3n) is 2.74. The number of H-pyrrole nitrogens is 1. The first-order valence-corrected chi connectivity index (χ1v) is 5.63. The van der Waals surface area contributed by atoms with Gasteiger partial charge in [-0.25, -0.2) is 0 Å². The first kappa shape index (κ1) is 10.5. The van der Waals surface area contributed by atoms with E-state index >= 15 is 0 Å². The summed E-state index contributed by atoms with van der Waals surface area (Å²) in [5, 5.41) is 9.64. The number of carbonyl (C=O) groups excluding carboxylic acids is 1. The Labute approximate surface area is 93.4 Å². The number of nitrogens with zero attached hydrogens (tertiary/aromatic N) is 1. The predicted molar refractivity (Wildman–Crippen MR) is 58.0 cm³/mol. The lowest BCUT2D eigenvalue weighted by Crippen LogP contribution is -2.38. The van der Waals surface area contributed by atoms with Crippen molar-refractivity contribution in [3.05, 3.63) is 18.0 Å². The monoisotopic (exact) mass is 227 g/mol. The van der Waals surface area contributed by atoms with Crippen LogP contribution in [0.3, 0.4) is 0 Å². The molecule has 2 rings (SSSR count). The van der Waals surface area contributed by atoms with Gasteiger partial charge in [0.1, 0.15) is 5.69 Å². The molecule has 0 saturated heterocycles. The molecule has 1 aromatic rings. The summed E-state index contributed by atoms with van der Waals surface area (Å²) >= 11 is 5.99.